The largest absolute Gasteiger partial charge is 0.492 e. The molecule has 6 heteroatoms. The summed E-state index contributed by atoms with van der Waals surface area (Å²) in [4.78, 5) is 1.13. The lowest BCUT2D eigenvalue weighted by atomic mass is 10.2. The predicted octanol–water partition coefficient (Wildman–Crippen LogP) is 3.72. The summed E-state index contributed by atoms with van der Waals surface area (Å²) in [5.74, 6) is 0.182. The summed E-state index contributed by atoms with van der Waals surface area (Å²) in [6.07, 6.45) is -3.71. The number of ether oxygens (including phenoxy) is 1. The van der Waals surface area contributed by atoms with Crippen molar-refractivity contribution in [1.82, 2.24) is 0 Å². The van der Waals surface area contributed by atoms with Crippen LogP contribution in [0, 0.1) is 0 Å². The second kappa shape index (κ2) is 6.28. The Bertz CT molecular complexity index is 540. The highest BCUT2D eigenvalue weighted by atomic mass is 32.1. The first-order chi connectivity index (χ1) is 9.45. The van der Waals surface area contributed by atoms with Gasteiger partial charge < -0.3 is 10.5 Å². The van der Waals surface area contributed by atoms with Gasteiger partial charge in [0.15, 0.2) is 0 Å². The SMILES string of the molecule is NC(COc1cccc(C(F)(F)F)c1)Cc1cccs1. The third kappa shape index (κ3) is 4.25. The minimum absolute atomic E-state index is 0.180. The Balaban J connectivity index is 1.90. The molecule has 0 aliphatic heterocycles. The molecule has 1 aromatic heterocycles. The van der Waals surface area contributed by atoms with Gasteiger partial charge in [0.25, 0.3) is 0 Å². The molecule has 0 radical (unpaired) electrons. The highest BCUT2D eigenvalue weighted by molar-refractivity contribution is 7.09. The minimum atomic E-state index is -4.36. The van der Waals surface area contributed by atoms with Gasteiger partial charge in [-0.2, -0.15) is 13.2 Å². The number of thiophene rings is 1. The Labute approximate surface area is 119 Å². The molecule has 2 rings (SSSR count). The van der Waals surface area contributed by atoms with Crippen molar-refractivity contribution in [2.45, 2.75) is 18.6 Å². The molecule has 0 amide bonds. The Morgan fingerprint density at radius 2 is 2.00 bits per heavy atom. The molecule has 0 fully saturated rings. The van der Waals surface area contributed by atoms with Gasteiger partial charge >= 0.3 is 6.18 Å². The van der Waals surface area contributed by atoms with E-state index in [1.807, 2.05) is 17.5 Å². The lowest BCUT2D eigenvalue weighted by Gasteiger charge is -2.14. The number of nitrogens with two attached hydrogens (primary N) is 1. The van der Waals surface area contributed by atoms with E-state index in [9.17, 15) is 13.2 Å². The first-order valence-electron chi connectivity index (χ1n) is 6.03. The first-order valence-corrected chi connectivity index (χ1v) is 6.91. The lowest BCUT2D eigenvalue weighted by Crippen LogP contribution is -2.29. The fraction of sp³-hybridized carbons (Fsp3) is 0.286. The van der Waals surface area contributed by atoms with Crippen LogP contribution >= 0.6 is 11.3 Å². The van der Waals surface area contributed by atoms with E-state index in [1.165, 1.54) is 12.1 Å². The summed E-state index contributed by atoms with van der Waals surface area (Å²) >= 11 is 1.59. The molecule has 0 saturated heterocycles. The number of hydrogen-bond acceptors (Lipinski definition) is 3. The second-order valence-corrected chi connectivity index (χ2v) is 5.41. The molecule has 0 spiro atoms. The van der Waals surface area contributed by atoms with Gasteiger partial charge in [-0.1, -0.05) is 12.1 Å². The van der Waals surface area contributed by atoms with Crippen LogP contribution in [0.1, 0.15) is 10.4 Å². The average molecular weight is 301 g/mol. The summed E-state index contributed by atoms with van der Waals surface area (Å²) in [7, 11) is 0. The van der Waals surface area contributed by atoms with Gasteiger partial charge in [-0.25, -0.2) is 0 Å². The molecule has 0 bridgehead atoms. The summed E-state index contributed by atoms with van der Waals surface area (Å²) < 4.78 is 43.0. The van der Waals surface area contributed by atoms with Crippen LogP contribution in [0.4, 0.5) is 13.2 Å². The monoisotopic (exact) mass is 301 g/mol. The summed E-state index contributed by atoms with van der Waals surface area (Å²) in [6.45, 7) is 0.180. The molecule has 108 valence electrons. The Hall–Kier alpha value is -1.53. The zero-order chi connectivity index (χ0) is 14.6. The van der Waals surface area contributed by atoms with Crippen LogP contribution in [0.3, 0.4) is 0 Å². The van der Waals surface area contributed by atoms with E-state index in [1.54, 1.807) is 11.3 Å². The third-order valence-corrected chi connectivity index (χ3v) is 3.57. The van der Waals surface area contributed by atoms with Gasteiger partial charge in [-0.15, -0.1) is 11.3 Å². The highest BCUT2D eigenvalue weighted by Gasteiger charge is 2.30. The molecular formula is C14H14F3NOS. The van der Waals surface area contributed by atoms with Crippen LogP contribution < -0.4 is 10.5 Å². The summed E-state index contributed by atoms with van der Waals surface area (Å²) in [6, 6.07) is 8.46. The average Bonchev–Trinajstić information content (AvgIpc) is 2.88. The quantitative estimate of drug-likeness (QED) is 0.913. The van der Waals surface area contributed by atoms with Crippen molar-refractivity contribution in [1.29, 1.82) is 0 Å². The number of rotatable bonds is 5. The maximum Gasteiger partial charge on any atom is 0.416 e. The molecule has 2 aromatic rings. The molecule has 20 heavy (non-hydrogen) atoms. The van der Waals surface area contributed by atoms with Gasteiger partial charge in [0.1, 0.15) is 12.4 Å². The zero-order valence-corrected chi connectivity index (χ0v) is 11.4. The number of alkyl halides is 3. The van der Waals surface area contributed by atoms with Gasteiger partial charge in [-0.3, -0.25) is 0 Å². The second-order valence-electron chi connectivity index (χ2n) is 4.38. The maximum atomic E-state index is 12.5. The third-order valence-electron chi connectivity index (χ3n) is 2.67. The van der Waals surface area contributed by atoms with Crippen molar-refractivity contribution in [3.05, 3.63) is 52.2 Å². The molecule has 1 atom stereocenters. The van der Waals surface area contributed by atoms with Gasteiger partial charge in [-0.05, 0) is 29.6 Å². The van der Waals surface area contributed by atoms with Crippen LogP contribution in [-0.4, -0.2) is 12.6 Å². The Kier molecular flexibility index (Phi) is 4.67. The molecule has 1 heterocycles. The van der Waals surface area contributed by atoms with Crippen molar-refractivity contribution < 1.29 is 17.9 Å². The van der Waals surface area contributed by atoms with Crippen LogP contribution in [0.2, 0.25) is 0 Å². The number of benzene rings is 1. The standard InChI is InChI=1S/C14H14F3NOS/c15-14(16,17)10-3-1-4-12(7-10)19-9-11(18)8-13-5-2-6-20-13/h1-7,11H,8-9,18H2. The molecule has 0 aliphatic rings. The van der Waals surface area contributed by atoms with E-state index in [0.29, 0.717) is 6.42 Å². The summed E-state index contributed by atoms with van der Waals surface area (Å²) in [5, 5.41) is 1.95. The fourth-order valence-corrected chi connectivity index (χ4v) is 2.51. The van der Waals surface area contributed by atoms with Crippen molar-refractivity contribution in [2.24, 2.45) is 5.73 Å². The number of hydrogen-bond donors (Lipinski definition) is 1. The topological polar surface area (TPSA) is 35.2 Å². The van der Waals surface area contributed by atoms with E-state index in [-0.39, 0.29) is 18.4 Å². The van der Waals surface area contributed by atoms with Crippen LogP contribution in [-0.2, 0) is 12.6 Å². The van der Waals surface area contributed by atoms with Gasteiger partial charge in [0, 0.05) is 17.3 Å². The lowest BCUT2D eigenvalue weighted by molar-refractivity contribution is -0.137. The van der Waals surface area contributed by atoms with E-state index < -0.39 is 11.7 Å². The van der Waals surface area contributed by atoms with Crippen molar-refractivity contribution >= 4 is 11.3 Å². The Morgan fingerprint density at radius 1 is 1.20 bits per heavy atom. The van der Waals surface area contributed by atoms with Crippen LogP contribution in [0.15, 0.2) is 41.8 Å². The smallest absolute Gasteiger partial charge is 0.416 e. The van der Waals surface area contributed by atoms with E-state index >= 15 is 0 Å². The minimum Gasteiger partial charge on any atom is -0.492 e. The van der Waals surface area contributed by atoms with E-state index in [0.717, 1.165) is 17.0 Å². The predicted molar refractivity (Wildman–Crippen MR) is 72.9 cm³/mol. The molecule has 1 unspecified atom stereocenters. The molecule has 1 aromatic carbocycles. The first kappa shape index (κ1) is 14.9. The molecule has 0 saturated carbocycles. The van der Waals surface area contributed by atoms with E-state index in [2.05, 4.69) is 0 Å². The zero-order valence-electron chi connectivity index (χ0n) is 10.6. The highest BCUT2D eigenvalue weighted by Crippen LogP contribution is 2.31. The van der Waals surface area contributed by atoms with Crippen molar-refractivity contribution in [2.75, 3.05) is 6.61 Å². The normalized spacial score (nSPS) is 13.2. The van der Waals surface area contributed by atoms with Crippen LogP contribution in [0.25, 0.3) is 0 Å². The van der Waals surface area contributed by atoms with Crippen molar-refractivity contribution in [3.8, 4) is 5.75 Å². The fourth-order valence-electron chi connectivity index (χ4n) is 1.71. The Morgan fingerprint density at radius 3 is 2.65 bits per heavy atom. The molecule has 2 N–H and O–H groups in total. The molecular weight excluding hydrogens is 287 g/mol. The van der Waals surface area contributed by atoms with E-state index in [4.69, 9.17) is 10.5 Å². The molecule has 0 aliphatic carbocycles. The number of halogens is 3. The maximum absolute atomic E-state index is 12.5. The van der Waals surface area contributed by atoms with Crippen molar-refractivity contribution in [3.63, 3.8) is 0 Å². The summed E-state index contributed by atoms with van der Waals surface area (Å²) in [5.41, 5.74) is 5.18. The molecule has 2 nitrogen and oxygen atoms in total. The van der Waals surface area contributed by atoms with Crippen LogP contribution in [0.5, 0.6) is 5.75 Å². The van der Waals surface area contributed by atoms with Gasteiger partial charge in [0.05, 0.1) is 5.56 Å². The van der Waals surface area contributed by atoms with Gasteiger partial charge in [0.2, 0.25) is 0 Å².